The molecular formula is C21H24N4O2. The van der Waals surface area contributed by atoms with Gasteiger partial charge in [-0.2, -0.15) is 5.10 Å². The van der Waals surface area contributed by atoms with E-state index in [0.717, 1.165) is 56.2 Å². The third-order valence-corrected chi connectivity index (χ3v) is 5.12. The van der Waals surface area contributed by atoms with Gasteiger partial charge in [-0.1, -0.05) is 24.3 Å². The van der Waals surface area contributed by atoms with Gasteiger partial charge >= 0.3 is 5.69 Å². The number of furan rings is 1. The van der Waals surface area contributed by atoms with Gasteiger partial charge in [0.1, 0.15) is 11.6 Å². The largest absolute Gasteiger partial charge is 0.465 e. The second kappa shape index (κ2) is 8.22. The molecule has 3 heterocycles. The van der Waals surface area contributed by atoms with Gasteiger partial charge in [0.2, 0.25) is 0 Å². The molecule has 140 valence electrons. The minimum absolute atomic E-state index is 0.170. The van der Waals surface area contributed by atoms with Crippen molar-refractivity contribution in [3.05, 3.63) is 76.9 Å². The number of aromatic amines is 1. The Balaban J connectivity index is 1.33. The lowest BCUT2D eigenvalue weighted by atomic mass is 9.93. The smallest absolute Gasteiger partial charge is 0.347 e. The summed E-state index contributed by atoms with van der Waals surface area (Å²) in [6, 6.07) is 13.6. The number of para-hydroxylation sites is 1. The molecule has 0 spiro atoms. The standard InChI is InChI=1S/C21H24N4O2/c26-21-23-22-20(25(21)18-6-2-1-3-7-18)16-17-10-13-24(14-11-17)12-4-8-19-9-5-15-27-19/h1-9,15,17H,10-14,16H2,(H,23,26). The molecule has 1 aliphatic rings. The van der Waals surface area contributed by atoms with Gasteiger partial charge in [-0.15, -0.1) is 0 Å². The molecule has 1 saturated heterocycles. The van der Waals surface area contributed by atoms with E-state index in [1.54, 1.807) is 10.8 Å². The molecule has 3 aromatic rings. The summed E-state index contributed by atoms with van der Waals surface area (Å²) >= 11 is 0. The number of hydrogen-bond acceptors (Lipinski definition) is 4. The topological polar surface area (TPSA) is 67.1 Å². The fourth-order valence-corrected chi connectivity index (χ4v) is 3.65. The van der Waals surface area contributed by atoms with Crippen LogP contribution in [0.25, 0.3) is 11.8 Å². The molecule has 1 aromatic carbocycles. The zero-order valence-electron chi connectivity index (χ0n) is 15.3. The summed E-state index contributed by atoms with van der Waals surface area (Å²) in [7, 11) is 0. The van der Waals surface area contributed by atoms with Crippen LogP contribution in [0.5, 0.6) is 0 Å². The first-order valence-electron chi connectivity index (χ1n) is 9.44. The van der Waals surface area contributed by atoms with Crippen LogP contribution < -0.4 is 5.69 Å². The first-order chi connectivity index (χ1) is 13.3. The van der Waals surface area contributed by atoms with Crippen LogP contribution in [0.15, 0.2) is 64.0 Å². The molecule has 0 bridgehead atoms. The molecule has 2 aromatic heterocycles. The number of aromatic nitrogens is 3. The molecule has 6 heteroatoms. The predicted octanol–water partition coefficient (Wildman–Crippen LogP) is 3.12. The number of nitrogens with zero attached hydrogens (tertiary/aromatic N) is 3. The lowest BCUT2D eigenvalue weighted by Crippen LogP contribution is -2.34. The molecule has 0 unspecified atom stereocenters. The number of benzene rings is 1. The highest BCUT2D eigenvalue weighted by Crippen LogP contribution is 2.21. The van der Waals surface area contributed by atoms with Crippen LogP contribution in [0.1, 0.15) is 24.4 Å². The Labute approximate surface area is 158 Å². The number of nitrogens with one attached hydrogen (secondary N) is 1. The molecule has 4 rings (SSSR count). The third-order valence-electron chi connectivity index (χ3n) is 5.12. The van der Waals surface area contributed by atoms with Crippen LogP contribution in [0.4, 0.5) is 0 Å². The summed E-state index contributed by atoms with van der Waals surface area (Å²) in [6.45, 7) is 3.06. The number of likely N-dealkylation sites (tertiary alicyclic amines) is 1. The number of hydrogen-bond donors (Lipinski definition) is 1. The summed E-state index contributed by atoms with van der Waals surface area (Å²) in [6.07, 6.45) is 8.92. The molecule has 6 nitrogen and oxygen atoms in total. The molecule has 1 aliphatic heterocycles. The van der Waals surface area contributed by atoms with Crippen LogP contribution in [0.2, 0.25) is 0 Å². The Morgan fingerprint density at radius 3 is 2.70 bits per heavy atom. The maximum Gasteiger partial charge on any atom is 0.347 e. The zero-order chi connectivity index (χ0) is 18.5. The number of rotatable bonds is 6. The van der Waals surface area contributed by atoms with E-state index in [9.17, 15) is 4.79 Å². The van der Waals surface area contributed by atoms with E-state index in [0.29, 0.717) is 5.92 Å². The van der Waals surface area contributed by atoms with Crippen LogP contribution in [-0.2, 0) is 6.42 Å². The molecule has 0 aliphatic carbocycles. The first kappa shape index (κ1) is 17.5. The van der Waals surface area contributed by atoms with Crippen molar-refractivity contribution in [2.24, 2.45) is 5.92 Å². The van der Waals surface area contributed by atoms with Crippen molar-refractivity contribution in [1.29, 1.82) is 0 Å². The minimum Gasteiger partial charge on any atom is -0.465 e. The van der Waals surface area contributed by atoms with E-state index in [2.05, 4.69) is 21.2 Å². The zero-order valence-corrected chi connectivity index (χ0v) is 15.3. The Hall–Kier alpha value is -2.86. The normalized spacial score (nSPS) is 16.3. The van der Waals surface area contributed by atoms with Crippen LogP contribution in [-0.4, -0.2) is 39.3 Å². The maximum atomic E-state index is 12.2. The summed E-state index contributed by atoms with van der Waals surface area (Å²) < 4.78 is 7.01. The molecule has 0 atom stereocenters. The highest BCUT2D eigenvalue weighted by atomic mass is 16.3. The quantitative estimate of drug-likeness (QED) is 0.730. The highest BCUT2D eigenvalue weighted by Gasteiger charge is 2.21. The van der Waals surface area contributed by atoms with Gasteiger partial charge in [0.15, 0.2) is 0 Å². The summed E-state index contributed by atoms with van der Waals surface area (Å²) in [5, 5.41) is 6.88. The monoisotopic (exact) mass is 364 g/mol. The Morgan fingerprint density at radius 1 is 1.15 bits per heavy atom. The van der Waals surface area contributed by atoms with Crippen molar-refractivity contribution < 1.29 is 4.42 Å². The summed E-state index contributed by atoms with van der Waals surface area (Å²) in [5.74, 6) is 2.26. The maximum absolute atomic E-state index is 12.2. The Bertz CT molecular complexity index is 917. The Morgan fingerprint density at radius 2 is 1.96 bits per heavy atom. The fraction of sp³-hybridized carbons (Fsp3) is 0.333. The van der Waals surface area contributed by atoms with Crippen molar-refractivity contribution in [3.8, 4) is 5.69 Å². The number of piperidine rings is 1. The van der Waals surface area contributed by atoms with Gasteiger partial charge < -0.3 is 4.42 Å². The van der Waals surface area contributed by atoms with E-state index in [1.807, 2.05) is 48.5 Å². The third kappa shape index (κ3) is 4.28. The average Bonchev–Trinajstić information content (AvgIpc) is 3.34. The predicted molar refractivity (Wildman–Crippen MR) is 105 cm³/mol. The number of H-pyrrole nitrogens is 1. The van der Waals surface area contributed by atoms with E-state index < -0.39 is 0 Å². The van der Waals surface area contributed by atoms with E-state index in [4.69, 9.17) is 4.42 Å². The van der Waals surface area contributed by atoms with Gasteiger partial charge in [0, 0.05) is 13.0 Å². The SMILES string of the molecule is O=c1[nH]nc(CC2CCN(CC=Cc3ccco3)CC2)n1-c1ccccc1. The lowest BCUT2D eigenvalue weighted by molar-refractivity contribution is 0.199. The molecule has 27 heavy (non-hydrogen) atoms. The summed E-state index contributed by atoms with van der Waals surface area (Å²) in [4.78, 5) is 14.6. The van der Waals surface area contributed by atoms with Gasteiger partial charge in [0.25, 0.3) is 0 Å². The van der Waals surface area contributed by atoms with E-state index >= 15 is 0 Å². The van der Waals surface area contributed by atoms with Crippen molar-refractivity contribution in [3.63, 3.8) is 0 Å². The molecule has 1 fully saturated rings. The molecule has 0 amide bonds. The molecule has 1 N–H and O–H groups in total. The van der Waals surface area contributed by atoms with Crippen molar-refractivity contribution in [1.82, 2.24) is 19.7 Å². The van der Waals surface area contributed by atoms with Gasteiger partial charge in [0.05, 0.1) is 12.0 Å². The summed E-state index contributed by atoms with van der Waals surface area (Å²) in [5.41, 5.74) is 0.698. The highest BCUT2D eigenvalue weighted by molar-refractivity contribution is 5.42. The van der Waals surface area contributed by atoms with Crippen LogP contribution in [0, 0.1) is 5.92 Å². The minimum atomic E-state index is -0.170. The van der Waals surface area contributed by atoms with Crippen molar-refractivity contribution in [2.45, 2.75) is 19.3 Å². The van der Waals surface area contributed by atoms with E-state index in [1.165, 1.54) is 0 Å². The van der Waals surface area contributed by atoms with Gasteiger partial charge in [-0.05, 0) is 62.2 Å². The van der Waals surface area contributed by atoms with Crippen molar-refractivity contribution >= 4 is 6.08 Å². The molecule has 0 saturated carbocycles. The van der Waals surface area contributed by atoms with Gasteiger partial charge in [-0.3, -0.25) is 4.90 Å². The van der Waals surface area contributed by atoms with Crippen molar-refractivity contribution in [2.75, 3.05) is 19.6 Å². The first-order valence-corrected chi connectivity index (χ1v) is 9.44. The fourth-order valence-electron chi connectivity index (χ4n) is 3.65. The van der Waals surface area contributed by atoms with Gasteiger partial charge in [-0.25, -0.2) is 14.5 Å². The second-order valence-corrected chi connectivity index (χ2v) is 6.98. The molecular weight excluding hydrogens is 340 g/mol. The van der Waals surface area contributed by atoms with E-state index in [-0.39, 0.29) is 5.69 Å². The second-order valence-electron chi connectivity index (χ2n) is 6.98. The lowest BCUT2D eigenvalue weighted by Gasteiger charge is -2.30. The average molecular weight is 364 g/mol. The van der Waals surface area contributed by atoms with Crippen LogP contribution >= 0.6 is 0 Å². The Kier molecular flexibility index (Phi) is 5.34. The van der Waals surface area contributed by atoms with Crippen LogP contribution in [0.3, 0.4) is 0 Å². The molecule has 0 radical (unpaired) electrons.